The summed E-state index contributed by atoms with van der Waals surface area (Å²) in [5.41, 5.74) is 0. The number of hydrogen-bond acceptors (Lipinski definition) is 4. The summed E-state index contributed by atoms with van der Waals surface area (Å²) in [5.74, 6) is 1.55. The van der Waals surface area contributed by atoms with E-state index in [4.69, 9.17) is 0 Å². The molecular weight excluding hydrogens is 306 g/mol. The Bertz CT molecular complexity index is 651. The van der Waals surface area contributed by atoms with Crippen molar-refractivity contribution in [1.29, 1.82) is 0 Å². The smallest absolute Gasteiger partial charge is 0.317 e. The van der Waals surface area contributed by atoms with Gasteiger partial charge in [-0.05, 0) is 25.7 Å². The van der Waals surface area contributed by atoms with Crippen LogP contribution < -0.4 is 5.32 Å². The third-order valence-electron chi connectivity index (χ3n) is 4.50. The van der Waals surface area contributed by atoms with Crippen molar-refractivity contribution < 1.29 is 4.79 Å². The zero-order valence-corrected chi connectivity index (χ0v) is 14.3. The van der Waals surface area contributed by atoms with Gasteiger partial charge in [0.1, 0.15) is 18.5 Å². The van der Waals surface area contributed by atoms with Crippen molar-refractivity contribution in [3.63, 3.8) is 0 Å². The van der Waals surface area contributed by atoms with E-state index in [1.807, 2.05) is 31.3 Å². The van der Waals surface area contributed by atoms with Gasteiger partial charge in [-0.15, -0.1) is 0 Å². The highest BCUT2D eigenvalue weighted by Crippen LogP contribution is 2.20. The maximum absolute atomic E-state index is 12.5. The second-order valence-electron chi connectivity index (χ2n) is 6.58. The number of amides is 2. The molecule has 2 amide bonds. The van der Waals surface area contributed by atoms with Gasteiger partial charge in [0.15, 0.2) is 0 Å². The van der Waals surface area contributed by atoms with E-state index in [9.17, 15) is 4.79 Å². The minimum atomic E-state index is 0.00663. The summed E-state index contributed by atoms with van der Waals surface area (Å²) in [6, 6.07) is 0.0151. The van der Waals surface area contributed by atoms with Crippen LogP contribution in [-0.4, -0.2) is 54.4 Å². The van der Waals surface area contributed by atoms with Gasteiger partial charge < -0.3 is 14.8 Å². The quantitative estimate of drug-likeness (QED) is 0.888. The molecule has 8 heteroatoms. The number of rotatable bonds is 5. The van der Waals surface area contributed by atoms with E-state index in [1.165, 1.54) is 6.33 Å². The molecule has 2 aromatic heterocycles. The lowest BCUT2D eigenvalue weighted by Gasteiger charge is -2.33. The third-order valence-corrected chi connectivity index (χ3v) is 4.50. The fourth-order valence-electron chi connectivity index (χ4n) is 3.22. The summed E-state index contributed by atoms with van der Waals surface area (Å²) < 4.78 is 3.78. The molecule has 3 heterocycles. The average Bonchev–Trinajstić information content (AvgIpc) is 3.20. The van der Waals surface area contributed by atoms with Gasteiger partial charge in [0.05, 0.1) is 6.54 Å². The molecule has 2 atom stereocenters. The molecule has 1 aliphatic rings. The van der Waals surface area contributed by atoms with Crippen LogP contribution in [0, 0.1) is 5.92 Å². The maximum atomic E-state index is 12.5. The number of nitrogens with zero attached hydrogens (tertiary/aromatic N) is 6. The van der Waals surface area contributed by atoms with Crippen LogP contribution in [0.5, 0.6) is 0 Å². The third kappa shape index (κ3) is 4.12. The summed E-state index contributed by atoms with van der Waals surface area (Å²) in [7, 11) is 2.02. The lowest BCUT2D eigenvalue weighted by atomic mass is 9.94. The van der Waals surface area contributed by atoms with Gasteiger partial charge in [0.2, 0.25) is 0 Å². The summed E-state index contributed by atoms with van der Waals surface area (Å²) in [4.78, 5) is 22.7. The van der Waals surface area contributed by atoms with Crippen molar-refractivity contribution in [2.24, 2.45) is 13.0 Å². The number of carbonyl (C=O) groups excluding carboxylic acids is 1. The van der Waals surface area contributed by atoms with Crippen molar-refractivity contribution in [1.82, 2.24) is 34.5 Å². The number of aryl methyl sites for hydroxylation is 1. The standard InChI is InChI=1S/C16H25N7O/c1-13(9-23-12-17-11-19-23)20-16(24)22-6-3-4-14(10-22)8-15-18-5-7-21(15)2/h5,7,11-14H,3-4,6,8-10H2,1-2H3,(H,20,24). The molecule has 0 radical (unpaired) electrons. The van der Waals surface area contributed by atoms with Crippen LogP contribution >= 0.6 is 0 Å². The summed E-state index contributed by atoms with van der Waals surface area (Å²) in [5, 5.41) is 7.13. The van der Waals surface area contributed by atoms with E-state index in [-0.39, 0.29) is 12.1 Å². The number of likely N-dealkylation sites (tertiary alicyclic amines) is 1. The Labute approximate surface area is 141 Å². The molecule has 1 saturated heterocycles. The highest BCUT2D eigenvalue weighted by Gasteiger charge is 2.25. The average molecular weight is 331 g/mol. The number of piperidine rings is 1. The van der Waals surface area contributed by atoms with Crippen LogP contribution in [0.1, 0.15) is 25.6 Å². The van der Waals surface area contributed by atoms with Gasteiger partial charge >= 0.3 is 6.03 Å². The van der Waals surface area contributed by atoms with Crippen molar-refractivity contribution >= 4 is 6.03 Å². The predicted octanol–water partition coefficient (Wildman–Crippen LogP) is 1.06. The highest BCUT2D eigenvalue weighted by atomic mass is 16.2. The molecule has 2 aromatic rings. The number of carbonyl (C=O) groups is 1. The first-order chi connectivity index (χ1) is 11.6. The molecule has 0 aliphatic carbocycles. The monoisotopic (exact) mass is 331 g/mol. The number of aromatic nitrogens is 5. The van der Waals surface area contributed by atoms with Crippen molar-refractivity contribution in [2.75, 3.05) is 13.1 Å². The van der Waals surface area contributed by atoms with Gasteiger partial charge in [0, 0.05) is 45.0 Å². The molecule has 0 aromatic carbocycles. The molecule has 8 nitrogen and oxygen atoms in total. The van der Waals surface area contributed by atoms with Gasteiger partial charge in [-0.1, -0.05) is 0 Å². The fourth-order valence-corrected chi connectivity index (χ4v) is 3.22. The van der Waals surface area contributed by atoms with Crippen LogP contribution in [0.3, 0.4) is 0 Å². The number of nitrogens with one attached hydrogen (secondary N) is 1. The Morgan fingerprint density at radius 2 is 2.38 bits per heavy atom. The summed E-state index contributed by atoms with van der Waals surface area (Å²) in [6.45, 7) is 4.21. The molecular formula is C16H25N7O. The molecule has 3 rings (SSSR count). The first kappa shape index (κ1) is 16.5. The van der Waals surface area contributed by atoms with Crippen LogP contribution in [0.2, 0.25) is 0 Å². The maximum Gasteiger partial charge on any atom is 0.317 e. The Kier molecular flexibility index (Phi) is 5.12. The van der Waals surface area contributed by atoms with Gasteiger partial charge in [-0.3, -0.25) is 4.68 Å². The molecule has 130 valence electrons. The molecule has 1 fully saturated rings. The lowest BCUT2D eigenvalue weighted by Crippen LogP contribution is -2.49. The normalized spacial score (nSPS) is 19.2. The van der Waals surface area contributed by atoms with Gasteiger partial charge in [-0.25, -0.2) is 14.8 Å². The van der Waals surface area contributed by atoms with Crippen LogP contribution in [-0.2, 0) is 20.0 Å². The van der Waals surface area contributed by atoms with Gasteiger partial charge in [-0.2, -0.15) is 5.10 Å². The zero-order valence-electron chi connectivity index (χ0n) is 14.3. The van der Waals surface area contributed by atoms with Crippen LogP contribution in [0.15, 0.2) is 25.0 Å². The Hall–Kier alpha value is -2.38. The van der Waals surface area contributed by atoms with E-state index in [2.05, 4.69) is 25.0 Å². The van der Waals surface area contributed by atoms with E-state index < -0.39 is 0 Å². The lowest BCUT2D eigenvalue weighted by molar-refractivity contribution is 0.160. The van der Waals surface area contributed by atoms with E-state index in [0.29, 0.717) is 12.5 Å². The van der Waals surface area contributed by atoms with Crippen molar-refractivity contribution in [2.45, 2.75) is 38.8 Å². The largest absolute Gasteiger partial charge is 0.338 e. The first-order valence-corrected chi connectivity index (χ1v) is 8.46. The molecule has 0 spiro atoms. The number of urea groups is 1. The molecule has 1 N–H and O–H groups in total. The fraction of sp³-hybridized carbons (Fsp3) is 0.625. The van der Waals surface area contributed by atoms with E-state index in [1.54, 1.807) is 11.0 Å². The minimum absolute atomic E-state index is 0.00663. The topological polar surface area (TPSA) is 80.9 Å². The van der Waals surface area contributed by atoms with Crippen molar-refractivity contribution in [3.8, 4) is 0 Å². The number of imidazole rings is 1. The first-order valence-electron chi connectivity index (χ1n) is 8.46. The van der Waals surface area contributed by atoms with Crippen LogP contribution in [0.25, 0.3) is 0 Å². The minimum Gasteiger partial charge on any atom is -0.338 e. The zero-order chi connectivity index (χ0) is 16.9. The Morgan fingerprint density at radius 3 is 3.08 bits per heavy atom. The predicted molar refractivity (Wildman–Crippen MR) is 89.2 cm³/mol. The Balaban J connectivity index is 1.50. The summed E-state index contributed by atoms with van der Waals surface area (Å²) in [6.07, 6.45) is 10.1. The molecule has 0 bridgehead atoms. The second kappa shape index (κ2) is 7.46. The number of hydrogen-bond donors (Lipinski definition) is 1. The second-order valence-corrected chi connectivity index (χ2v) is 6.58. The molecule has 1 aliphatic heterocycles. The molecule has 24 heavy (non-hydrogen) atoms. The highest BCUT2D eigenvalue weighted by molar-refractivity contribution is 5.74. The van der Waals surface area contributed by atoms with Gasteiger partial charge in [0.25, 0.3) is 0 Å². The summed E-state index contributed by atoms with van der Waals surface area (Å²) >= 11 is 0. The Morgan fingerprint density at radius 1 is 1.50 bits per heavy atom. The van der Waals surface area contributed by atoms with Crippen LogP contribution in [0.4, 0.5) is 4.79 Å². The molecule has 2 unspecified atom stereocenters. The SMILES string of the molecule is CC(Cn1cncn1)NC(=O)N1CCCC(Cc2nccn2C)C1. The van der Waals surface area contributed by atoms with E-state index >= 15 is 0 Å². The van der Waals surface area contributed by atoms with Crippen molar-refractivity contribution in [3.05, 3.63) is 30.9 Å². The molecule has 0 saturated carbocycles. The van der Waals surface area contributed by atoms with E-state index in [0.717, 1.165) is 38.2 Å².